The number of hydrogen-bond acceptors (Lipinski definition) is 2. The van der Waals surface area contributed by atoms with Crippen LogP contribution in [0.1, 0.15) is 89.7 Å². The Morgan fingerprint density at radius 1 is 1.17 bits per heavy atom. The van der Waals surface area contributed by atoms with Crippen molar-refractivity contribution in [2.75, 3.05) is 0 Å². The van der Waals surface area contributed by atoms with Crippen molar-refractivity contribution in [2.45, 2.75) is 90.6 Å². The second-order valence-corrected chi connectivity index (χ2v) is 8.67. The molecule has 1 aliphatic carbocycles. The molecule has 24 heavy (non-hydrogen) atoms. The summed E-state index contributed by atoms with van der Waals surface area (Å²) in [6.45, 7) is 9.04. The number of fused-ring (bicyclic) bond motifs is 3. The molecule has 1 fully saturated rings. The van der Waals surface area contributed by atoms with E-state index in [1.165, 1.54) is 50.5 Å². The first-order valence-electron chi connectivity index (χ1n) is 9.97. The van der Waals surface area contributed by atoms with Gasteiger partial charge in [0.25, 0.3) is 0 Å². The lowest BCUT2D eigenvalue weighted by Gasteiger charge is -2.48. The number of aryl methyl sites for hydroxylation is 1. The molecular weight excluding hydrogens is 296 g/mol. The highest BCUT2D eigenvalue weighted by Crippen LogP contribution is 2.55. The number of ether oxygens (including phenoxy) is 1. The molecule has 134 valence electrons. The summed E-state index contributed by atoms with van der Waals surface area (Å²) in [7, 11) is 0. The van der Waals surface area contributed by atoms with Gasteiger partial charge in [-0.05, 0) is 69.1 Å². The van der Waals surface area contributed by atoms with Crippen LogP contribution in [0.5, 0.6) is 11.5 Å². The summed E-state index contributed by atoms with van der Waals surface area (Å²) in [6.07, 6.45) is 9.70. The van der Waals surface area contributed by atoms with Gasteiger partial charge in [-0.3, -0.25) is 0 Å². The van der Waals surface area contributed by atoms with Crippen molar-refractivity contribution >= 4 is 0 Å². The Balaban J connectivity index is 1.87. The van der Waals surface area contributed by atoms with Crippen molar-refractivity contribution in [3.8, 4) is 11.5 Å². The molecule has 1 saturated carbocycles. The van der Waals surface area contributed by atoms with Crippen LogP contribution < -0.4 is 4.74 Å². The summed E-state index contributed by atoms with van der Waals surface area (Å²) in [5, 5.41) is 10.8. The molecule has 1 unspecified atom stereocenters. The highest BCUT2D eigenvalue weighted by atomic mass is 16.5. The van der Waals surface area contributed by atoms with E-state index in [0.29, 0.717) is 17.6 Å². The van der Waals surface area contributed by atoms with E-state index in [1.807, 2.05) is 6.07 Å². The van der Waals surface area contributed by atoms with E-state index in [2.05, 4.69) is 33.8 Å². The van der Waals surface area contributed by atoms with Gasteiger partial charge in [-0.25, -0.2) is 0 Å². The van der Waals surface area contributed by atoms with Crippen molar-refractivity contribution in [3.05, 3.63) is 23.3 Å². The third kappa shape index (κ3) is 3.43. The lowest BCUT2D eigenvalue weighted by molar-refractivity contribution is -0.0145. The first kappa shape index (κ1) is 17.6. The number of phenols is 1. The highest BCUT2D eigenvalue weighted by Gasteiger charge is 2.47. The van der Waals surface area contributed by atoms with Crippen LogP contribution in [0, 0.1) is 11.8 Å². The topological polar surface area (TPSA) is 29.5 Å². The zero-order valence-electron chi connectivity index (χ0n) is 15.9. The van der Waals surface area contributed by atoms with Crippen LogP contribution in [0.2, 0.25) is 0 Å². The van der Waals surface area contributed by atoms with E-state index < -0.39 is 0 Å². The SMILES string of the molecule is CCCCCCc1cc(O)c2c(c1)OC(C)(C)[C@@H]1CCC(C)C[C@@H]21. The smallest absolute Gasteiger partial charge is 0.127 e. The molecule has 0 aromatic heterocycles. The second kappa shape index (κ2) is 6.98. The number of phenolic OH excluding ortho intramolecular Hbond substituents is 1. The summed E-state index contributed by atoms with van der Waals surface area (Å²) in [4.78, 5) is 0. The molecule has 2 nitrogen and oxygen atoms in total. The second-order valence-electron chi connectivity index (χ2n) is 8.67. The molecule has 0 bridgehead atoms. The zero-order valence-corrected chi connectivity index (χ0v) is 15.9. The van der Waals surface area contributed by atoms with Crippen LogP contribution in [0.25, 0.3) is 0 Å². The first-order valence-corrected chi connectivity index (χ1v) is 9.97. The summed E-state index contributed by atoms with van der Waals surface area (Å²) in [5.41, 5.74) is 2.18. The highest BCUT2D eigenvalue weighted by molar-refractivity contribution is 5.52. The minimum Gasteiger partial charge on any atom is -0.508 e. The minimum absolute atomic E-state index is 0.134. The number of hydrogen-bond donors (Lipinski definition) is 1. The Bertz CT molecular complexity index is 576. The van der Waals surface area contributed by atoms with Crippen LogP contribution in [0.4, 0.5) is 0 Å². The average molecular weight is 331 g/mol. The van der Waals surface area contributed by atoms with Crippen LogP contribution >= 0.6 is 0 Å². The lowest BCUT2D eigenvalue weighted by Crippen LogP contribution is -2.46. The van der Waals surface area contributed by atoms with E-state index >= 15 is 0 Å². The fourth-order valence-electron chi connectivity index (χ4n) is 4.92. The average Bonchev–Trinajstić information content (AvgIpc) is 2.50. The molecular formula is C22H34O2. The summed E-state index contributed by atoms with van der Waals surface area (Å²) < 4.78 is 6.41. The molecule has 2 heteroatoms. The van der Waals surface area contributed by atoms with Crippen molar-refractivity contribution in [3.63, 3.8) is 0 Å². The molecule has 0 saturated heterocycles. The van der Waals surface area contributed by atoms with Gasteiger partial charge in [-0.2, -0.15) is 0 Å². The van der Waals surface area contributed by atoms with Crippen molar-refractivity contribution in [1.82, 2.24) is 0 Å². The molecule has 1 aliphatic heterocycles. The van der Waals surface area contributed by atoms with Gasteiger partial charge in [0.15, 0.2) is 0 Å². The maximum absolute atomic E-state index is 10.8. The van der Waals surface area contributed by atoms with Crippen LogP contribution in [0.3, 0.4) is 0 Å². The van der Waals surface area contributed by atoms with Gasteiger partial charge >= 0.3 is 0 Å². The lowest BCUT2D eigenvalue weighted by atomic mass is 9.64. The molecule has 1 aromatic carbocycles. The zero-order chi connectivity index (χ0) is 17.3. The Kier molecular flexibility index (Phi) is 5.13. The fourth-order valence-corrected chi connectivity index (χ4v) is 4.92. The van der Waals surface area contributed by atoms with Gasteiger partial charge in [0, 0.05) is 11.5 Å². The molecule has 3 rings (SSSR count). The maximum atomic E-state index is 10.8. The minimum atomic E-state index is -0.134. The molecule has 3 atom stereocenters. The third-order valence-corrected chi connectivity index (χ3v) is 6.25. The van der Waals surface area contributed by atoms with Crippen LogP contribution in [-0.2, 0) is 6.42 Å². The molecule has 0 amide bonds. The van der Waals surface area contributed by atoms with E-state index in [0.717, 1.165) is 23.7 Å². The third-order valence-electron chi connectivity index (χ3n) is 6.25. The molecule has 2 aliphatic rings. The van der Waals surface area contributed by atoms with Gasteiger partial charge in [0.05, 0.1) is 0 Å². The summed E-state index contributed by atoms with van der Waals surface area (Å²) in [6, 6.07) is 4.21. The van der Waals surface area contributed by atoms with E-state index in [1.54, 1.807) is 0 Å². The van der Waals surface area contributed by atoms with Gasteiger partial charge in [0.2, 0.25) is 0 Å². The van der Waals surface area contributed by atoms with Gasteiger partial charge in [-0.1, -0.05) is 39.5 Å². The summed E-state index contributed by atoms with van der Waals surface area (Å²) in [5.74, 6) is 3.11. The molecule has 1 aromatic rings. The number of aromatic hydroxyl groups is 1. The Morgan fingerprint density at radius 2 is 1.96 bits per heavy atom. The Labute approximate surface area is 147 Å². The predicted octanol–water partition coefficient (Wildman–Crippen LogP) is 6.21. The van der Waals surface area contributed by atoms with Gasteiger partial charge in [-0.15, -0.1) is 0 Å². The Morgan fingerprint density at radius 3 is 2.71 bits per heavy atom. The predicted molar refractivity (Wildman–Crippen MR) is 99.9 cm³/mol. The number of rotatable bonds is 5. The molecule has 1 N–H and O–H groups in total. The number of unbranched alkanes of at least 4 members (excludes halogenated alkanes) is 3. The van der Waals surface area contributed by atoms with E-state index in [4.69, 9.17) is 4.74 Å². The first-order chi connectivity index (χ1) is 11.4. The fraction of sp³-hybridized carbons (Fsp3) is 0.727. The largest absolute Gasteiger partial charge is 0.508 e. The summed E-state index contributed by atoms with van der Waals surface area (Å²) >= 11 is 0. The van der Waals surface area contributed by atoms with E-state index in [-0.39, 0.29) is 5.60 Å². The van der Waals surface area contributed by atoms with Crippen molar-refractivity contribution < 1.29 is 9.84 Å². The van der Waals surface area contributed by atoms with Gasteiger partial charge in [0.1, 0.15) is 17.1 Å². The maximum Gasteiger partial charge on any atom is 0.127 e. The van der Waals surface area contributed by atoms with Crippen LogP contribution in [0.15, 0.2) is 12.1 Å². The Hall–Kier alpha value is -1.18. The van der Waals surface area contributed by atoms with Crippen molar-refractivity contribution in [1.29, 1.82) is 0 Å². The number of benzene rings is 1. The molecule has 0 radical (unpaired) electrons. The molecule has 0 spiro atoms. The van der Waals surface area contributed by atoms with Crippen LogP contribution in [-0.4, -0.2) is 10.7 Å². The standard InChI is InChI=1S/C22H34O2/c1-5-6-7-8-9-16-13-19(23)21-17-12-15(2)10-11-18(17)22(3,4)24-20(21)14-16/h13-15,17-18,23H,5-12H2,1-4H3/t15?,17-,18-/m1/s1. The normalized spacial score (nSPS) is 27.9. The quantitative estimate of drug-likeness (QED) is 0.651. The van der Waals surface area contributed by atoms with E-state index in [9.17, 15) is 5.11 Å². The monoisotopic (exact) mass is 330 g/mol. The van der Waals surface area contributed by atoms with Gasteiger partial charge < -0.3 is 9.84 Å². The molecule has 1 heterocycles. The van der Waals surface area contributed by atoms with Crippen molar-refractivity contribution in [2.24, 2.45) is 11.8 Å².